The smallest absolute Gasteiger partial charge is 0.259 e. The largest absolute Gasteiger partial charge is 0.382 e. The van der Waals surface area contributed by atoms with Gasteiger partial charge in [-0.3, -0.25) is 9.69 Å². The predicted octanol–water partition coefficient (Wildman–Crippen LogP) is 5.10. The number of hydrogen-bond donors (Lipinski definition) is 3. The number of nitrogens with one attached hydrogen (secondary N) is 3. The van der Waals surface area contributed by atoms with Gasteiger partial charge in [0.15, 0.2) is 0 Å². The predicted molar refractivity (Wildman–Crippen MR) is 141 cm³/mol. The van der Waals surface area contributed by atoms with E-state index in [1.54, 1.807) is 6.20 Å². The van der Waals surface area contributed by atoms with E-state index in [1.807, 2.05) is 38.1 Å². The lowest BCUT2D eigenvalue weighted by molar-refractivity contribution is 0.0342. The molecule has 1 saturated heterocycles. The number of carbonyl (C=O) groups is 1. The summed E-state index contributed by atoms with van der Waals surface area (Å²) in [7, 11) is 0. The first-order valence-electron chi connectivity index (χ1n) is 12.4. The molecule has 3 aromatic rings. The molecule has 0 unspecified atom stereocenters. The number of morpholine rings is 1. The Kier molecular flexibility index (Phi) is 6.97. The number of hydrogen-bond acceptors (Lipinski definition) is 6. The minimum Gasteiger partial charge on any atom is -0.382 e. The second-order valence-corrected chi connectivity index (χ2v) is 9.47. The van der Waals surface area contributed by atoms with Crippen LogP contribution in [0.4, 0.5) is 22.9 Å². The van der Waals surface area contributed by atoms with Gasteiger partial charge in [0.25, 0.3) is 5.91 Å². The number of carbonyl (C=O) groups excluding carboxylic acids is 1. The van der Waals surface area contributed by atoms with Gasteiger partial charge in [0, 0.05) is 49.3 Å². The summed E-state index contributed by atoms with van der Waals surface area (Å²) in [6, 6.07) is 16.8. The molecule has 1 aromatic heterocycles. The molecule has 7 heteroatoms. The van der Waals surface area contributed by atoms with Crippen LogP contribution in [0.3, 0.4) is 0 Å². The third kappa shape index (κ3) is 5.99. The molecule has 2 aliphatic rings. The zero-order chi connectivity index (χ0) is 24.2. The highest BCUT2D eigenvalue weighted by Gasteiger charge is 2.24. The minimum atomic E-state index is -0.155. The average molecular weight is 472 g/mol. The molecule has 3 N–H and O–H groups in total. The Morgan fingerprint density at radius 1 is 1.06 bits per heavy atom. The normalized spacial score (nSPS) is 16.1. The van der Waals surface area contributed by atoms with E-state index in [4.69, 9.17) is 4.74 Å². The molecule has 35 heavy (non-hydrogen) atoms. The summed E-state index contributed by atoms with van der Waals surface area (Å²) in [6.07, 6.45) is 3.89. The summed E-state index contributed by atoms with van der Waals surface area (Å²) in [4.78, 5) is 20.1. The zero-order valence-electron chi connectivity index (χ0n) is 20.4. The highest BCUT2D eigenvalue weighted by molar-refractivity contribution is 6.08. The number of rotatable bonds is 8. The van der Waals surface area contributed by atoms with E-state index >= 15 is 0 Å². The van der Waals surface area contributed by atoms with E-state index < -0.39 is 0 Å². The van der Waals surface area contributed by atoms with Crippen LogP contribution in [0.2, 0.25) is 0 Å². The fraction of sp³-hybridized carbons (Fsp3) is 0.357. The van der Waals surface area contributed by atoms with Crippen LogP contribution in [-0.2, 0) is 11.3 Å². The zero-order valence-corrected chi connectivity index (χ0v) is 20.4. The Balaban J connectivity index is 1.30. The summed E-state index contributed by atoms with van der Waals surface area (Å²) < 4.78 is 5.43. The lowest BCUT2D eigenvalue weighted by Gasteiger charge is -2.26. The molecular weight excluding hydrogens is 438 g/mol. The van der Waals surface area contributed by atoms with Gasteiger partial charge in [-0.25, -0.2) is 4.98 Å². The molecule has 1 aliphatic heterocycles. The number of anilines is 4. The number of aryl methyl sites for hydroxylation is 2. The molecule has 0 bridgehead atoms. The number of nitrogens with zero attached hydrogens (tertiary/aromatic N) is 2. The molecule has 182 valence electrons. The third-order valence-electron chi connectivity index (χ3n) is 6.54. The van der Waals surface area contributed by atoms with Crippen molar-refractivity contribution < 1.29 is 9.53 Å². The van der Waals surface area contributed by atoms with Crippen LogP contribution in [0.15, 0.2) is 54.7 Å². The quantitative estimate of drug-likeness (QED) is 0.424. The van der Waals surface area contributed by atoms with Gasteiger partial charge < -0.3 is 20.7 Å². The van der Waals surface area contributed by atoms with Crippen LogP contribution < -0.4 is 16.0 Å². The van der Waals surface area contributed by atoms with Crippen LogP contribution in [0, 0.1) is 13.8 Å². The van der Waals surface area contributed by atoms with Gasteiger partial charge in [-0.15, -0.1) is 0 Å². The molecule has 5 rings (SSSR count). The molecule has 2 aromatic carbocycles. The summed E-state index contributed by atoms with van der Waals surface area (Å²) in [6.45, 7) is 8.50. The molecule has 0 spiro atoms. The minimum absolute atomic E-state index is 0.155. The Bertz CT molecular complexity index is 1160. The van der Waals surface area contributed by atoms with Crippen molar-refractivity contribution >= 4 is 28.8 Å². The molecule has 7 nitrogen and oxygen atoms in total. The van der Waals surface area contributed by atoms with E-state index in [0.717, 1.165) is 73.9 Å². The van der Waals surface area contributed by atoms with Crippen LogP contribution in [-0.4, -0.2) is 48.1 Å². The fourth-order valence-corrected chi connectivity index (χ4v) is 4.32. The number of amides is 1. The number of para-hydroxylation sites is 1. The Labute approximate surface area is 206 Å². The highest BCUT2D eigenvalue weighted by Crippen LogP contribution is 2.30. The van der Waals surface area contributed by atoms with E-state index in [2.05, 4.69) is 50.1 Å². The van der Waals surface area contributed by atoms with Crippen molar-refractivity contribution in [2.75, 3.05) is 42.3 Å². The second-order valence-electron chi connectivity index (χ2n) is 9.47. The standard InChI is InChI=1S/C28H33N5O2/c1-19-4-3-5-20(2)27(19)32-28(34)24-17-29-26(16-25(24)30-22-10-11-22)31-23-8-6-21(7-9-23)18-33-12-14-35-15-13-33/h3-9,16-17,22H,10-15,18H2,1-2H3,(H,32,34)(H2,29,30,31). The monoisotopic (exact) mass is 471 g/mol. The van der Waals surface area contributed by atoms with Crippen molar-refractivity contribution in [3.63, 3.8) is 0 Å². The Morgan fingerprint density at radius 2 is 1.77 bits per heavy atom. The van der Waals surface area contributed by atoms with Crippen molar-refractivity contribution in [2.45, 2.75) is 39.3 Å². The Hall–Kier alpha value is -3.42. The van der Waals surface area contributed by atoms with Crippen LogP contribution in [0.5, 0.6) is 0 Å². The summed E-state index contributed by atoms with van der Waals surface area (Å²) in [5, 5.41) is 9.98. The molecule has 2 fully saturated rings. The lowest BCUT2D eigenvalue weighted by atomic mass is 10.1. The molecule has 1 amide bonds. The van der Waals surface area contributed by atoms with Crippen molar-refractivity contribution in [2.24, 2.45) is 0 Å². The number of benzene rings is 2. The molecule has 1 aliphatic carbocycles. The first kappa shape index (κ1) is 23.3. The van der Waals surface area contributed by atoms with Gasteiger partial charge in [0.05, 0.1) is 24.5 Å². The highest BCUT2D eigenvalue weighted by atomic mass is 16.5. The average Bonchev–Trinajstić information content (AvgIpc) is 3.68. The van der Waals surface area contributed by atoms with E-state index in [9.17, 15) is 4.79 Å². The topological polar surface area (TPSA) is 78.5 Å². The first-order chi connectivity index (χ1) is 17.0. The third-order valence-corrected chi connectivity index (χ3v) is 6.54. The number of pyridine rings is 1. The molecule has 1 saturated carbocycles. The fourth-order valence-electron chi connectivity index (χ4n) is 4.32. The number of ether oxygens (including phenoxy) is 1. The van der Waals surface area contributed by atoms with E-state index in [-0.39, 0.29) is 5.91 Å². The van der Waals surface area contributed by atoms with Gasteiger partial charge in [-0.05, 0) is 55.5 Å². The van der Waals surface area contributed by atoms with Crippen molar-refractivity contribution in [3.8, 4) is 0 Å². The van der Waals surface area contributed by atoms with Gasteiger partial charge in [0.2, 0.25) is 0 Å². The van der Waals surface area contributed by atoms with Crippen molar-refractivity contribution in [3.05, 3.63) is 77.0 Å². The SMILES string of the molecule is Cc1cccc(C)c1NC(=O)c1cnc(Nc2ccc(CN3CCOCC3)cc2)cc1NC1CC1. The molecule has 0 atom stereocenters. The summed E-state index contributed by atoms with van der Waals surface area (Å²) in [5.41, 5.74) is 6.53. The molecule has 0 radical (unpaired) electrons. The second kappa shape index (κ2) is 10.5. The van der Waals surface area contributed by atoms with Crippen LogP contribution in [0.1, 0.15) is 39.9 Å². The van der Waals surface area contributed by atoms with E-state index in [0.29, 0.717) is 17.4 Å². The van der Waals surface area contributed by atoms with Gasteiger partial charge >= 0.3 is 0 Å². The molecule has 2 heterocycles. The van der Waals surface area contributed by atoms with Gasteiger partial charge in [0.1, 0.15) is 5.82 Å². The van der Waals surface area contributed by atoms with Crippen molar-refractivity contribution in [1.29, 1.82) is 0 Å². The van der Waals surface area contributed by atoms with Gasteiger partial charge in [-0.1, -0.05) is 30.3 Å². The van der Waals surface area contributed by atoms with E-state index in [1.165, 1.54) is 5.56 Å². The maximum absolute atomic E-state index is 13.2. The first-order valence-corrected chi connectivity index (χ1v) is 12.4. The van der Waals surface area contributed by atoms with Crippen molar-refractivity contribution in [1.82, 2.24) is 9.88 Å². The van der Waals surface area contributed by atoms with Crippen LogP contribution in [0.25, 0.3) is 0 Å². The van der Waals surface area contributed by atoms with Gasteiger partial charge in [-0.2, -0.15) is 0 Å². The summed E-state index contributed by atoms with van der Waals surface area (Å²) in [5.74, 6) is 0.551. The summed E-state index contributed by atoms with van der Waals surface area (Å²) >= 11 is 0. The Morgan fingerprint density at radius 3 is 2.46 bits per heavy atom. The number of aromatic nitrogens is 1. The maximum atomic E-state index is 13.2. The lowest BCUT2D eigenvalue weighted by Crippen LogP contribution is -2.35. The molecular formula is C28H33N5O2. The maximum Gasteiger partial charge on any atom is 0.259 e. The van der Waals surface area contributed by atoms with Crippen LogP contribution >= 0.6 is 0 Å².